The molecular weight excluding hydrogens is 204 g/mol. The van der Waals surface area contributed by atoms with Crippen molar-refractivity contribution < 1.29 is 0 Å². The van der Waals surface area contributed by atoms with Gasteiger partial charge in [0.1, 0.15) is 0 Å². The van der Waals surface area contributed by atoms with Crippen molar-refractivity contribution in [3.05, 3.63) is 72.3 Å². The zero-order chi connectivity index (χ0) is 12.0. The Morgan fingerprint density at radius 2 is 1.88 bits per heavy atom. The predicted octanol–water partition coefficient (Wildman–Crippen LogP) is 4.74. The average molecular weight is 218 g/mol. The highest BCUT2D eigenvalue weighted by molar-refractivity contribution is 6.22. The van der Waals surface area contributed by atoms with E-state index in [1.165, 1.54) is 33.0 Å². The van der Waals surface area contributed by atoms with Gasteiger partial charge in [-0.05, 0) is 45.5 Å². The quantitative estimate of drug-likeness (QED) is 0.648. The Hall–Kier alpha value is -2.08. The first-order chi connectivity index (χ1) is 8.24. The minimum absolute atomic E-state index is 1.11. The molecule has 0 aromatic heterocycles. The van der Waals surface area contributed by atoms with Gasteiger partial charge in [0.15, 0.2) is 0 Å². The lowest BCUT2D eigenvalue weighted by molar-refractivity contribution is 1.52. The molecule has 82 valence electrons. The Morgan fingerprint density at radius 1 is 1.06 bits per heavy atom. The molecule has 0 N–H and O–H groups in total. The van der Waals surface area contributed by atoms with E-state index in [9.17, 15) is 0 Å². The molecule has 0 fully saturated rings. The molecule has 17 heavy (non-hydrogen) atoms. The summed E-state index contributed by atoms with van der Waals surface area (Å²) >= 11 is 0. The molecule has 0 bridgehead atoms. The van der Waals surface area contributed by atoms with Crippen LogP contribution in [0.1, 0.15) is 16.7 Å². The van der Waals surface area contributed by atoms with E-state index in [0.717, 1.165) is 5.57 Å². The maximum absolute atomic E-state index is 4.21. The number of hydrogen-bond donors (Lipinski definition) is 0. The largest absolute Gasteiger partial charge is 0.0990 e. The van der Waals surface area contributed by atoms with E-state index in [2.05, 4.69) is 50.4 Å². The lowest BCUT2D eigenvalue weighted by Gasteiger charge is -2.03. The summed E-state index contributed by atoms with van der Waals surface area (Å²) in [5.74, 6) is 0. The Kier molecular flexibility index (Phi) is 2.05. The van der Waals surface area contributed by atoms with Crippen molar-refractivity contribution in [2.75, 3.05) is 0 Å². The highest BCUT2D eigenvalue weighted by Gasteiger charge is 2.22. The van der Waals surface area contributed by atoms with Crippen LogP contribution in [0.4, 0.5) is 0 Å². The topological polar surface area (TPSA) is 0 Å². The SMILES string of the molecule is C=C/C=C1\C(=C)c2ccc(C)c3cccc1c23. The van der Waals surface area contributed by atoms with Crippen LogP contribution in [0, 0.1) is 6.92 Å². The van der Waals surface area contributed by atoms with Gasteiger partial charge < -0.3 is 0 Å². The second-order valence-corrected chi connectivity index (χ2v) is 4.45. The van der Waals surface area contributed by atoms with Gasteiger partial charge in [0, 0.05) is 0 Å². The summed E-state index contributed by atoms with van der Waals surface area (Å²) in [6, 6.07) is 10.8. The van der Waals surface area contributed by atoms with Crippen molar-refractivity contribution in [1.29, 1.82) is 0 Å². The molecule has 0 heterocycles. The first kappa shape index (κ1) is 10.1. The van der Waals surface area contributed by atoms with Gasteiger partial charge in [-0.1, -0.05) is 55.6 Å². The van der Waals surface area contributed by atoms with Gasteiger partial charge in [0.25, 0.3) is 0 Å². The average Bonchev–Trinajstić information content (AvgIpc) is 2.61. The summed E-state index contributed by atoms with van der Waals surface area (Å²) in [7, 11) is 0. The molecule has 0 atom stereocenters. The molecule has 1 aliphatic carbocycles. The van der Waals surface area contributed by atoms with Gasteiger partial charge in [-0.2, -0.15) is 0 Å². The Balaban J connectivity index is 2.51. The van der Waals surface area contributed by atoms with E-state index in [1.807, 2.05) is 12.2 Å². The minimum Gasteiger partial charge on any atom is -0.0990 e. The molecule has 3 rings (SSSR count). The molecule has 1 aliphatic rings. The van der Waals surface area contributed by atoms with E-state index in [1.54, 1.807) is 0 Å². The molecule has 0 radical (unpaired) electrons. The molecular formula is C17H14. The number of allylic oxidation sites excluding steroid dienone is 4. The number of aryl methyl sites for hydroxylation is 1. The van der Waals surface area contributed by atoms with Crippen molar-refractivity contribution in [2.45, 2.75) is 6.92 Å². The molecule has 0 amide bonds. The summed E-state index contributed by atoms with van der Waals surface area (Å²) in [6.45, 7) is 10.1. The normalized spacial score (nSPS) is 15.8. The summed E-state index contributed by atoms with van der Waals surface area (Å²) in [6.07, 6.45) is 3.88. The highest BCUT2D eigenvalue weighted by Crippen LogP contribution is 2.45. The lowest BCUT2D eigenvalue weighted by Crippen LogP contribution is -1.81. The van der Waals surface area contributed by atoms with Gasteiger partial charge >= 0.3 is 0 Å². The van der Waals surface area contributed by atoms with E-state index in [-0.39, 0.29) is 0 Å². The fourth-order valence-corrected chi connectivity index (χ4v) is 2.64. The molecule has 0 saturated carbocycles. The van der Waals surface area contributed by atoms with Crippen LogP contribution < -0.4 is 0 Å². The van der Waals surface area contributed by atoms with E-state index in [0.29, 0.717) is 0 Å². The van der Waals surface area contributed by atoms with Crippen molar-refractivity contribution in [2.24, 2.45) is 0 Å². The third-order valence-corrected chi connectivity index (χ3v) is 3.48. The second-order valence-electron chi connectivity index (χ2n) is 4.45. The molecule has 0 unspecified atom stereocenters. The first-order valence-electron chi connectivity index (χ1n) is 5.79. The number of rotatable bonds is 1. The van der Waals surface area contributed by atoms with Crippen LogP contribution >= 0.6 is 0 Å². The molecule has 0 aliphatic heterocycles. The second kappa shape index (κ2) is 3.46. The van der Waals surface area contributed by atoms with Crippen LogP contribution in [0.2, 0.25) is 0 Å². The number of hydrogen-bond acceptors (Lipinski definition) is 0. The van der Waals surface area contributed by atoms with Gasteiger partial charge in [-0.3, -0.25) is 0 Å². The molecule has 2 aromatic rings. The van der Waals surface area contributed by atoms with Crippen molar-refractivity contribution in [3.8, 4) is 0 Å². The molecule has 0 spiro atoms. The monoisotopic (exact) mass is 218 g/mol. The third-order valence-electron chi connectivity index (χ3n) is 3.48. The molecule has 2 aromatic carbocycles. The zero-order valence-corrected chi connectivity index (χ0v) is 9.96. The fourth-order valence-electron chi connectivity index (χ4n) is 2.64. The van der Waals surface area contributed by atoms with Crippen LogP contribution in [-0.2, 0) is 0 Å². The summed E-state index contributed by atoms with van der Waals surface area (Å²) in [5, 5.41) is 2.67. The van der Waals surface area contributed by atoms with Crippen LogP contribution in [0.5, 0.6) is 0 Å². The molecule has 0 saturated heterocycles. The summed E-state index contributed by atoms with van der Waals surface area (Å²) in [5.41, 5.74) is 6.17. The summed E-state index contributed by atoms with van der Waals surface area (Å²) < 4.78 is 0. The highest BCUT2D eigenvalue weighted by atomic mass is 14.2. The predicted molar refractivity (Wildman–Crippen MR) is 75.9 cm³/mol. The van der Waals surface area contributed by atoms with Crippen LogP contribution in [0.3, 0.4) is 0 Å². The standard InChI is InChI=1S/C17H14/c1-4-6-14-12(3)15-10-9-11(2)13-7-5-8-16(14)17(13)15/h4-10H,1,3H2,2H3/b14-6+. The van der Waals surface area contributed by atoms with Crippen molar-refractivity contribution in [3.63, 3.8) is 0 Å². The fraction of sp³-hybridized carbons (Fsp3) is 0.0588. The van der Waals surface area contributed by atoms with Gasteiger partial charge in [0.2, 0.25) is 0 Å². The van der Waals surface area contributed by atoms with E-state index >= 15 is 0 Å². The van der Waals surface area contributed by atoms with Crippen molar-refractivity contribution >= 4 is 21.9 Å². The van der Waals surface area contributed by atoms with Gasteiger partial charge in [-0.15, -0.1) is 0 Å². The lowest BCUT2D eigenvalue weighted by atomic mass is 10.0. The Morgan fingerprint density at radius 3 is 2.65 bits per heavy atom. The summed E-state index contributed by atoms with van der Waals surface area (Å²) in [4.78, 5) is 0. The Bertz CT molecular complexity index is 684. The maximum Gasteiger partial charge on any atom is -0.00239 e. The smallest absolute Gasteiger partial charge is 0.00239 e. The zero-order valence-electron chi connectivity index (χ0n) is 9.96. The van der Waals surface area contributed by atoms with E-state index in [4.69, 9.17) is 0 Å². The van der Waals surface area contributed by atoms with Gasteiger partial charge in [0.05, 0.1) is 0 Å². The maximum atomic E-state index is 4.21. The van der Waals surface area contributed by atoms with Gasteiger partial charge in [-0.25, -0.2) is 0 Å². The molecule has 0 nitrogen and oxygen atoms in total. The molecule has 0 heteroatoms. The first-order valence-corrected chi connectivity index (χ1v) is 5.79. The third kappa shape index (κ3) is 1.24. The van der Waals surface area contributed by atoms with Crippen molar-refractivity contribution in [1.82, 2.24) is 0 Å². The van der Waals surface area contributed by atoms with E-state index < -0.39 is 0 Å². The van der Waals surface area contributed by atoms with Crippen LogP contribution in [-0.4, -0.2) is 0 Å². The Labute approximate surface area is 102 Å². The van der Waals surface area contributed by atoms with Crippen LogP contribution in [0.15, 0.2) is 55.6 Å². The number of benzene rings is 2. The minimum atomic E-state index is 1.11. The van der Waals surface area contributed by atoms with Crippen LogP contribution in [0.25, 0.3) is 21.9 Å².